The van der Waals surface area contributed by atoms with Crippen LogP contribution in [0.25, 0.3) is 11.1 Å². The fraction of sp³-hybridized carbons (Fsp3) is 0.405. The highest BCUT2D eigenvalue weighted by Gasteiger charge is 2.37. The van der Waals surface area contributed by atoms with Crippen molar-refractivity contribution in [3.8, 4) is 16.9 Å². The normalized spacial score (nSPS) is 15.2. The van der Waals surface area contributed by atoms with Crippen molar-refractivity contribution in [3.63, 3.8) is 0 Å². The van der Waals surface area contributed by atoms with Crippen molar-refractivity contribution in [1.29, 1.82) is 0 Å². The average Bonchev–Trinajstić information content (AvgIpc) is 3.02. The van der Waals surface area contributed by atoms with Crippen LogP contribution in [-0.2, 0) is 16.0 Å². The Bertz CT molecular complexity index is 1730. The average molecular weight is 660 g/mol. The van der Waals surface area contributed by atoms with Gasteiger partial charge in [0.25, 0.3) is 0 Å². The van der Waals surface area contributed by atoms with E-state index >= 15 is 4.39 Å². The lowest BCUT2D eigenvalue weighted by molar-refractivity contribution is -0.160. The predicted molar refractivity (Wildman–Crippen MR) is 182 cm³/mol. The van der Waals surface area contributed by atoms with Gasteiger partial charge in [0.15, 0.2) is 17.7 Å². The molecule has 0 radical (unpaired) electrons. The summed E-state index contributed by atoms with van der Waals surface area (Å²) in [4.78, 5) is 28.6. The number of pyridine rings is 1. The fourth-order valence-corrected chi connectivity index (χ4v) is 5.80. The molecule has 0 saturated carbocycles. The maximum Gasteiger partial charge on any atom is 0.337 e. The van der Waals surface area contributed by atoms with Crippen LogP contribution in [-0.4, -0.2) is 51.3 Å². The number of hydrogen-bond acceptors (Lipinski definition) is 8. The van der Waals surface area contributed by atoms with Crippen molar-refractivity contribution in [2.75, 3.05) is 29.9 Å². The molecule has 4 aromatic rings. The molecule has 0 spiro atoms. The molecule has 2 aromatic heterocycles. The number of benzene rings is 2. The minimum absolute atomic E-state index is 0.0582. The van der Waals surface area contributed by atoms with Gasteiger partial charge in [0.05, 0.1) is 17.9 Å². The van der Waals surface area contributed by atoms with Gasteiger partial charge in [-0.25, -0.2) is 28.5 Å². The summed E-state index contributed by atoms with van der Waals surface area (Å²) >= 11 is 0. The molecule has 48 heavy (non-hydrogen) atoms. The Morgan fingerprint density at radius 3 is 2.33 bits per heavy atom. The number of nitrogens with zero attached hydrogens (tertiary/aromatic N) is 4. The largest absolute Gasteiger partial charge is 0.490 e. The van der Waals surface area contributed by atoms with Crippen LogP contribution in [0.3, 0.4) is 0 Å². The van der Waals surface area contributed by atoms with E-state index in [2.05, 4.69) is 34.0 Å². The maximum atomic E-state index is 15.9. The second-order valence-corrected chi connectivity index (χ2v) is 13.9. The van der Waals surface area contributed by atoms with Crippen LogP contribution in [0, 0.1) is 24.0 Å². The summed E-state index contributed by atoms with van der Waals surface area (Å²) in [5.74, 6) is -1.37. The van der Waals surface area contributed by atoms with Gasteiger partial charge in [0, 0.05) is 48.7 Å². The van der Waals surface area contributed by atoms with Crippen molar-refractivity contribution >= 4 is 23.4 Å². The number of aromatic nitrogens is 3. The van der Waals surface area contributed by atoms with Gasteiger partial charge in [-0.05, 0) is 87.4 Å². The monoisotopic (exact) mass is 659 g/mol. The van der Waals surface area contributed by atoms with Gasteiger partial charge in [-0.3, -0.25) is 0 Å². The lowest BCUT2D eigenvalue weighted by atomic mass is 9.82. The molecular formula is C37H43F2N5O4. The first-order valence-electron chi connectivity index (χ1n) is 16.1. The predicted octanol–water partition coefficient (Wildman–Crippen LogP) is 8.06. The molecule has 1 atom stereocenters. The number of aryl methyl sites for hydroxylation is 1. The molecule has 0 bridgehead atoms. The molecule has 1 saturated heterocycles. The standard InChI is InChI=1S/C37H43F2N5O4/c1-23-29(32(34(45)46)48-36(2,3)4)31(44-19-15-37(5,6)16-20-44)30(33(42-23)43-35-40-17-7-18-41-35)25-10-13-28(27(39)22-25)47-21-14-24-8-11-26(38)12-9-24/h7-13,17-18,22,32H,14-16,19-21H2,1-6H3,(H,45,46)(H,40,41,42,43)/t32-/m0/s1. The van der Waals surface area contributed by atoms with Crippen LogP contribution in [0.4, 0.5) is 26.2 Å². The highest BCUT2D eigenvalue weighted by molar-refractivity contribution is 5.93. The van der Waals surface area contributed by atoms with Gasteiger partial charge in [0.1, 0.15) is 11.6 Å². The van der Waals surface area contributed by atoms with Gasteiger partial charge in [-0.2, -0.15) is 0 Å². The van der Waals surface area contributed by atoms with E-state index in [-0.39, 0.29) is 29.5 Å². The number of rotatable bonds is 11. The number of piperidine rings is 1. The first-order valence-corrected chi connectivity index (χ1v) is 16.1. The van der Waals surface area contributed by atoms with Gasteiger partial charge < -0.3 is 24.8 Å². The second-order valence-electron chi connectivity index (χ2n) is 13.9. The Labute approximate surface area is 280 Å². The lowest BCUT2D eigenvalue weighted by Crippen LogP contribution is -2.39. The minimum atomic E-state index is -1.35. The maximum absolute atomic E-state index is 15.9. The van der Waals surface area contributed by atoms with E-state index in [0.29, 0.717) is 53.4 Å². The molecule has 1 aliphatic heterocycles. The van der Waals surface area contributed by atoms with Gasteiger partial charge >= 0.3 is 5.97 Å². The molecule has 0 amide bonds. The third-order valence-electron chi connectivity index (χ3n) is 8.37. The smallest absolute Gasteiger partial charge is 0.337 e. The second kappa shape index (κ2) is 14.2. The molecule has 2 aromatic carbocycles. The molecule has 254 valence electrons. The number of carbonyl (C=O) groups is 1. The molecule has 0 aliphatic carbocycles. The molecular weight excluding hydrogens is 616 g/mol. The third kappa shape index (κ3) is 8.44. The first-order chi connectivity index (χ1) is 22.7. The van der Waals surface area contributed by atoms with Crippen LogP contribution in [0.15, 0.2) is 60.9 Å². The quantitative estimate of drug-likeness (QED) is 0.165. The topological polar surface area (TPSA) is 110 Å². The molecule has 5 rings (SSSR count). The molecule has 1 fully saturated rings. The molecule has 0 unspecified atom stereocenters. The number of nitrogens with one attached hydrogen (secondary N) is 1. The van der Waals surface area contributed by atoms with Crippen molar-refractivity contribution in [2.45, 2.75) is 72.5 Å². The number of aliphatic carboxylic acids is 1. The van der Waals surface area contributed by atoms with E-state index in [1.54, 1.807) is 49.6 Å². The van der Waals surface area contributed by atoms with Gasteiger partial charge in [0.2, 0.25) is 5.95 Å². The van der Waals surface area contributed by atoms with Crippen LogP contribution in [0.5, 0.6) is 5.75 Å². The Kier molecular flexibility index (Phi) is 10.3. The molecule has 11 heteroatoms. The third-order valence-corrected chi connectivity index (χ3v) is 8.37. The van der Waals surface area contributed by atoms with E-state index in [0.717, 1.165) is 18.4 Å². The van der Waals surface area contributed by atoms with Crippen molar-refractivity contribution in [1.82, 2.24) is 15.0 Å². The summed E-state index contributed by atoms with van der Waals surface area (Å²) in [5, 5.41) is 13.8. The SMILES string of the molecule is Cc1nc(Nc2ncccn2)c(-c2ccc(OCCc3ccc(F)cc3)c(F)c2)c(N2CCC(C)(C)CC2)c1[C@H](OC(C)(C)C)C(=O)O. The number of carboxylic acid groups (broad SMARTS) is 1. The highest BCUT2D eigenvalue weighted by Crippen LogP contribution is 2.47. The Morgan fingerprint density at radius 2 is 1.73 bits per heavy atom. The Hall–Kier alpha value is -4.64. The summed E-state index contributed by atoms with van der Waals surface area (Å²) in [7, 11) is 0. The van der Waals surface area contributed by atoms with E-state index in [1.165, 1.54) is 18.2 Å². The van der Waals surface area contributed by atoms with Crippen LogP contribution in [0.1, 0.15) is 70.4 Å². The molecule has 9 nitrogen and oxygen atoms in total. The van der Waals surface area contributed by atoms with Gasteiger partial charge in [-0.1, -0.05) is 32.0 Å². The summed E-state index contributed by atoms with van der Waals surface area (Å²) in [6, 6.07) is 12.5. The van der Waals surface area contributed by atoms with Crippen molar-refractivity contribution in [2.24, 2.45) is 5.41 Å². The zero-order chi connectivity index (χ0) is 34.6. The van der Waals surface area contributed by atoms with Crippen LogP contribution < -0.4 is 15.0 Å². The molecule has 3 heterocycles. The van der Waals surface area contributed by atoms with E-state index < -0.39 is 23.5 Å². The van der Waals surface area contributed by atoms with Gasteiger partial charge in [-0.15, -0.1) is 0 Å². The summed E-state index contributed by atoms with van der Waals surface area (Å²) in [6.07, 6.45) is 4.05. The van der Waals surface area contributed by atoms with E-state index in [1.807, 2.05) is 20.8 Å². The molecule has 1 aliphatic rings. The lowest BCUT2D eigenvalue weighted by Gasteiger charge is -2.41. The van der Waals surface area contributed by atoms with E-state index in [4.69, 9.17) is 14.5 Å². The van der Waals surface area contributed by atoms with Crippen molar-refractivity contribution < 1.29 is 28.2 Å². The minimum Gasteiger partial charge on any atom is -0.490 e. The zero-order valence-electron chi connectivity index (χ0n) is 28.3. The number of ether oxygens (including phenoxy) is 2. The summed E-state index contributed by atoms with van der Waals surface area (Å²) in [6.45, 7) is 13.1. The van der Waals surface area contributed by atoms with Crippen molar-refractivity contribution in [3.05, 3.63) is 89.4 Å². The Morgan fingerprint density at radius 1 is 1.06 bits per heavy atom. The Balaban J connectivity index is 1.65. The molecule has 2 N–H and O–H groups in total. The van der Waals surface area contributed by atoms with Crippen LogP contribution in [0.2, 0.25) is 0 Å². The fourth-order valence-electron chi connectivity index (χ4n) is 5.80. The summed E-state index contributed by atoms with van der Waals surface area (Å²) < 4.78 is 41.2. The zero-order valence-corrected chi connectivity index (χ0v) is 28.3. The van der Waals surface area contributed by atoms with Crippen LogP contribution >= 0.6 is 0 Å². The number of anilines is 3. The highest BCUT2D eigenvalue weighted by atomic mass is 19.1. The number of halogens is 2. The van der Waals surface area contributed by atoms with E-state index in [9.17, 15) is 14.3 Å². The summed E-state index contributed by atoms with van der Waals surface area (Å²) in [5.41, 5.74) is 2.62. The number of hydrogen-bond donors (Lipinski definition) is 2. The number of carboxylic acids is 1. The first kappa shape index (κ1) is 34.7.